The second-order valence-corrected chi connectivity index (χ2v) is 5.02. The largest absolute Gasteiger partial charge is 0.333 e. The van der Waals surface area contributed by atoms with Crippen LogP contribution in [0.15, 0.2) is 72.8 Å². The molecule has 92 valence electrons. The standard InChI is InChI=1S/C18H15N/c1-2-8-14(9-3-1)19-17-12-6-4-10-15(17)16-11-5-7-13-18(16)19/h1-12,18H,13H2. The molecule has 1 unspecified atom stereocenters. The number of hydrogen-bond donors (Lipinski definition) is 0. The molecule has 0 radical (unpaired) electrons. The number of allylic oxidation sites excluding steroid dienone is 2. The van der Waals surface area contributed by atoms with E-state index in [1.54, 1.807) is 0 Å². The van der Waals surface area contributed by atoms with Crippen molar-refractivity contribution in [3.63, 3.8) is 0 Å². The first kappa shape index (κ1) is 10.6. The second kappa shape index (κ2) is 4.13. The Balaban J connectivity index is 1.92. The molecule has 0 saturated heterocycles. The highest BCUT2D eigenvalue weighted by Crippen LogP contribution is 2.46. The number of anilines is 2. The minimum atomic E-state index is 0.449. The van der Waals surface area contributed by atoms with Crippen LogP contribution in [-0.4, -0.2) is 6.04 Å². The Bertz CT molecular complexity index is 667. The lowest BCUT2D eigenvalue weighted by Crippen LogP contribution is -2.26. The molecule has 19 heavy (non-hydrogen) atoms. The van der Waals surface area contributed by atoms with Crippen LogP contribution in [0.2, 0.25) is 0 Å². The van der Waals surface area contributed by atoms with Crippen molar-refractivity contribution in [2.75, 3.05) is 4.90 Å². The van der Waals surface area contributed by atoms with Gasteiger partial charge in [0.05, 0.1) is 6.04 Å². The van der Waals surface area contributed by atoms with Gasteiger partial charge in [-0.05, 0) is 30.2 Å². The summed E-state index contributed by atoms with van der Waals surface area (Å²) in [5.41, 5.74) is 5.43. The Hall–Kier alpha value is -2.28. The van der Waals surface area contributed by atoms with Crippen molar-refractivity contribution < 1.29 is 0 Å². The third kappa shape index (κ3) is 1.55. The number of nitrogens with zero attached hydrogens (tertiary/aromatic N) is 1. The van der Waals surface area contributed by atoms with Gasteiger partial charge in [-0.25, -0.2) is 0 Å². The van der Waals surface area contributed by atoms with Crippen LogP contribution in [0.1, 0.15) is 12.0 Å². The van der Waals surface area contributed by atoms with Crippen molar-refractivity contribution in [2.24, 2.45) is 0 Å². The first-order valence-corrected chi connectivity index (χ1v) is 6.75. The molecule has 0 saturated carbocycles. The van der Waals surface area contributed by atoms with Gasteiger partial charge in [-0.3, -0.25) is 0 Å². The van der Waals surface area contributed by atoms with Crippen molar-refractivity contribution in [1.29, 1.82) is 0 Å². The summed E-state index contributed by atoms with van der Waals surface area (Å²) < 4.78 is 0. The van der Waals surface area contributed by atoms with Crippen LogP contribution in [0.5, 0.6) is 0 Å². The molecule has 1 heterocycles. The minimum Gasteiger partial charge on any atom is -0.333 e. The second-order valence-electron chi connectivity index (χ2n) is 5.02. The Labute approximate surface area is 113 Å². The Morgan fingerprint density at radius 1 is 0.895 bits per heavy atom. The number of hydrogen-bond acceptors (Lipinski definition) is 1. The van der Waals surface area contributed by atoms with Crippen molar-refractivity contribution in [3.05, 3.63) is 78.4 Å². The lowest BCUT2D eigenvalue weighted by molar-refractivity contribution is 0.829. The summed E-state index contributed by atoms with van der Waals surface area (Å²) >= 11 is 0. The maximum atomic E-state index is 2.46. The van der Waals surface area contributed by atoms with E-state index in [1.165, 1.54) is 22.5 Å². The highest BCUT2D eigenvalue weighted by atomic mass is 15.2. The third-order valence-electron chi connectivity index (χ3n) is 3.95. The van der Waals surface area contributed by atoms with Crippen LogP contribution in [0.4, 0.5) is 11.4 Å². The van der Waals surface area contributed by atoms with Gasteiger partial charge in [0.25, 0.3) is 0 Å². The number of rotatable bonds is 1. The van der Waals surface area contributed by atoms with E-state index in [0.717, 1.165) is 6.42 Å². The lowest BCUT2D eigenvalue weighted by Gasteiger charge is -2.28. The zero-order valence-electron chi connectivity index (χ0n) is 10.7. The molecule has 1 atom stereocenters. The average molecular weight is 245 g/mol. The molecular weight excluding hydrogens is 230 g/mol. The van der Waals surface area contributed by atoms with E-state index < -0.39 is 0 Å². The van der Waals surface area contributed by atoms with Crippen LogP contribution in [0, 0.1) is 0 Å². The summed E-state index contributed by atoms with van der Waals surface area (Å²) in [5, 5.41) is 0. The fourth-order valence-corrected chi connectivity index (χ4v) is 3.13. The molecular formula is C18H15N. The molecule has 1 heteroatoms. The van der Waals surface area contributed by atoms with E-state index in [4.69, 9.17) is 0 Å². The molecule has 1 nitrogen and oxygen atoms in total. The first-order valence-electron chi connectivity index (χ1n) is 6.75. The molecule has 0 aromatic heterocycles. The molecule has 2 aromatic rings. The summed E-state index contributed by atoms with van der Waals surface area (Å²) in [6.07, 6.45) is 7.78. The molecule has 1 aliphatic heterocycles. The molecule has 0 N–H and O–H groups in total. The van der Waals surface area contributed by atoms with E-state index >= 15 is 0 Å². The SMILES string of the molecule is C1=CCC2C(=C1)c1ccccc1N2c1ccccc1. The normalized spacial score (nSPS) is 19.9. The highest BCUT2D eigenvalue weighted by Gasteiger charge is 2.34. The van der Waals surface area contributed by atoms with E-state index in [1.807, 2.05) is 0 Å². The van der Waals surface area contributed by atoms with Crippen molar-refractivity contribution in [2.45, 2.75) is 12.5 Å². The number of para-hydroxylation sites is 2. The van der Waals surface area contributed by atoms with Crippen LogP contribution >= 0.6 is 0 Å². The first-order chi connectivity index (χ1) is 9.45. The van der Waals surface area contributed by atoms with Gasteiger partial charge in [0, 0.05) is 16.9 Å². The molecule has 0 bridgehead atoms. The van der Waals surface area contributed by atoms with Crippen LogP contribution in [0.25, 0.3) is 5.57 Å². The van der Waals surface area contributed by atoms with Gasteiger partial charge in [-0.1, -0.05) is 54.6 Å². The lowest BCUT2D eigenvalue weighted by atomic mass is 9.96. The van der Waals surface area contributed by atoms with E-state index in [2.05, 4.69) is 77.7 Å². The Morgan fingerprint density at radius 2 is 1.68 bits per heavy atom. The topological polar surface area (TPSA) is 3.24 Å². The highest BCUT2D eigenvalue weighted by molar-refractivity contribution is 5.93. The fourth-order valence-electron chi connectivity index (χ4n) is 3.13. The minimum absolute atomic E-state index is 0.449. The fraction of sp³-hybridized carbons (Fsp3) is 0.111. The van der Waals surface area contributed by atoms with Gasteiger partial charge < -0.3 is 4.90 Å². The number of fused-ring (bicyclic) bond motifs is 3. The smallest absolute Gasteiger partial charge is 0.0632 e. The predicted molar refractivity (Wildman–Crippen MR) is 80.5 cm³/mol. The maximum absolute atomic E-state index is 2.46. The van der Waals surface area contributed by atoms with Gasteiger partial charge in [-0.15, -0.1) is 0 Å². The summed E-state index contributed by atoms with van der Waals surface area (Å²) in [6, 6.07) is 19.8. The van der Waals surface area contributed by atoms with Gasteiger partial charge in [0.2, 0.25) is 0 Å². The molecule has 0 amide bonds. The predicted octanol–water partition coefficient (Wildman–Crippen LogP) is 4.55. The third-order valence-corrected chi connectivity index (χ3v) is 3.95. The van der Waals surface area contributed by atoms with Crippen LogP contribution in [-0.2, 0) is 0 Å². The van der Waals surface area contributed by atoms with Crippen molar-refractivity contribution >= 4 is 16.9 Å². The van der Waals surface area contributed by atoms with Gasteiger partial charge in [0.1, 0.15) is 0 Å². The molecule has 1 aliphatic carbocycles. The maximum Gasteiger partial charge on any atom is 0.0632 e. The van der Waals surface area contributed by atoms with Crippen LogP contribution < -0.4 is 4.90 Å². The Kier molecular flexibility index (Phi) is 2.31. The van der Waals surface area contributed by atoms with E-state index in [0.29, 0.717) is 6.04 Å². The van der Waals surface area contributed by atoms with Gasteiger partial charge in [-0.2, -0.15) is 0 Å². The zero-order valence-corrected chi connectivity index (χ0v) is 10.7. The summed E-state index contributed by atoms with van der Waals surface area (Å²) in [5.74, 6) is 0. The van der Waals surface area contributed by atoms with E-state index in [-0.39, 0.29) is 0 Å². The van der Waals surface area contributed by atoms with Gasteiger partial charge in [0.15, 0.2) is 0 Å². The van der Waals surface area contributed by atoms with Crippen molar-refractivity contribution in [3.8, 4) is 0 Å². The average Bonchev–Trinajstić information content (AvgIpc) is 2.83. The van der Waals surface area contributed by atoms with Crippen molar-refractivity contribution in [1.82, 2.24) is 0 Å². The zero-order chi connectivity index (χ0) is 12.7. The Morgan fingerprint density at radius 3 is 2.58 bits per heavy atom. The van der Waals surface area contributed by atoms with Gasteiger partial charge >= 0.3 is 0 Å². The molecule has 2 aromatic carbocycles. The van der Waals surface area contributed by atoms with Crippen LogP contribution in [0.3, 0.4) is 0 Å². The quantitative estimate of drug-likeness (QED) is 0.712. The summed E-state index contributed by atoms with van der Waals surface area (Å²) in [7, 11) is 0. The monoisotopic (exact) mass is 245 g/mol. The number of benzene rings is 2. The summed E-state index contributed by atoms with van der Waals surface area (Å²) in [4.78, 5) is 2.46. The molecule has 4 rings (SSSR count). The molecule has 0 fully saturated rings. The molecule has 2 aliphatic rings. The van der Waals surface area contributed by atoms with E-state index in [9.17, 15) is 0 Å². The molecule has 0 spiro atoms. The summed E-state index contributed by atoms with van der Waals surface area (Å²) in [6.45, 7) is 0.